The highest BCUT2D eigenvalue weighted by Crippen LogP contribution is 2.11. The number of aromatic nitrogens is 4. The maximum Gasteiger partial charge on any atom is 0.238 e. The Balaban J connectivity index is 1.99. The van der Waals surface area contributed by atoms with Crippen molar-refractivity contribution in [3.63, 3.8) is 0 Å². The highest BCUT2D eigenvalue weighted by atomic mass is 32.2. The molecule has 8 nitrogen and oxygen atoms in total. The maximum atomic E-state index is 12.4. The van der Waals surface area contributed by atoms with Crippen molar-refractivity contribution >= 4 is 27.1 Å². The van der Waals surface area contributed by atoms with Crippen LogP contribution in [0.5, 0.6) is 0 Å². The molecule has 10 heteroatoms. The van der Waals surface area contributed by atoms with Crippen LogP contribution in [-0.4, -0.2) is 39.8 Å². The summed E-state index contributed by atoms with van der Waals surface area (Å²) >= 11 is 1.50. The molecule has 2 rings (SSSR count). The van der Waals surface area contributed by atoms with Gasteiger partial charge in [-0.3, -0.25) is 4.79 Å². The number of carbonyl (C=O) groups excluding carboxylic acids is 1. The fraction of sp³-hybridized carbons (Fsp3) is 0.538. The molecular weight excluding hydrogens is 338 g/mol. The summed E-state index contributed by atoms with van der Waals surface area (Å²) in [6, 6.07) is 3.75. The predicted octanol–water partition coefficient (Wildman–Crippen LogP) is 0.764. The second-order valence-electron chi connectivity index (χ2n) is 5.06. The summed E-state index contributed by atoms with van der Waals surface area (Å²) in [5.41, 5.74) is 0. The van der Waals surface area contributed by atoms with Crippen LogP contribution in [0.25, 0.3) is 0 Å². The molecule has 2 aromatic heterocycles. The van der Waals surface area contributed by atoms with E-state index in [-0.39, 0.29) is 11.6 Å². The van der Waals surface area contributed by atoms with Gasteiger partial charge in [0.05, 0.1) is 6.54 Å². The van der Waals surface area contributed by atoms with E-state index >= 15 is 0 Å². The zero-order valence-electron chi connectivity index (χ0n) is 13.0. The fourth-order valence-corrected chi connectivity index (χ4v) is 3.78. The fourth-order valence-electron chi connectivity index (χ4n) is 1.91. The van der Waals surface area contributed by atoms with E-state index in [0.717, 1.165) is 11.3 Å². The zero-order chi connectivity index (χ0) is 16.9. The maximum absolute atomic E-state index is 12.4. The smallest absolute Gasteiger partial charge is 0.238 e. The lowest BCUT2D eigenvalue weighted by molar-refractivity contribution is -0.120. The Kier molecular flexibility index (Phi) is 5.83. The number of amides is 1. The third kappa shape index (κ3) is 4.58. The first-order valence-corrected chi connectivity index (χ1v) is 9.80. The van der Waals surface area contributed by atoms with Crippen LogP contribution < -0.4 is 5.32 Å². The SMILES string of the molecule is CCCn1nnnc1CS(=O)(=O)C(C)C(=O)NCc1cccs1. The van der Waals surface area contributed by atoms with Crippen molar-refractivity contribution < 1.29 is 13.2 Å². The van der Waals surface area contributed by atoms with E-state index in [2.05, 4.69) is 20.8 Å². The molecular formula is C13H19N5O3S2. The van der Waals surface area contributed by atoms with Gasteiger partial charge in [0.25, 0.3) is 0 Å². The number of aryl methyl sites for hydroxylation is 1. The third-order valence-corrected chi connectivity index (χ3v) is 6.12. The molecule has 0 spiro atoms. The Morgan fingerprint density at radius 1 is 1.48 bits per heavy atom. The van der Waals surface area contributed by atoms with Gasteiger partial charge in [-0.1, -0.05) is 13.0 Å². The van der Waals surface area contributed by atoms with Crippen molar-refractivity contribution in [2.24, 2.45) is 0 Å². The minimum absolute atomic E-state index is 0.254. The van der Waals surface area contributed by atoms with Gasteiger partial charge >= 0.3 is 0 Å². The summed E-state index contributed by atoms with van der Waals surface area (Å²) in [5, 5.41) is 14.4. The number of hydrogen-bond donors (Lipinski definition) is 1. The van der Waals surface area contributed by atoms with Gasteiger partial charge in [-0.15, -0.1) is 16.4 Å². The molecule has 0 aliphatic heterocycles. The highest BCUT2D eigenvalue weighted by Gasteiger charge is 2.30. The van der Waals surface area contributed by atoms with Gasteiger partial charge in [0.15, 0.2) is 15.7 Å². The Hall–Kier alpha value is -1.81. The molecule has 0 fully saturated rings. The summed E-state index contributed by atoms with van der Waals surface area (Å²) in [4.78, 5) is 13.0. The number of sulfone groups is 1. The lowest BCUT2D eigenvalue weighted by atomic mass is 10.4. The number of nitrogens with zero attached hydrogens (tertiary/aromatic N) is 4. The third-order valence-electron chi connectivity index (χ3n) is 3.30. The first-order valence-electron chi connectivity index (χ1n) is 7.20. The van der Waals surface area contributed by atoms with E-state index < -0.39 is 21.0 Å². The molecule has 23 heavy (non-hydrogen) atoms. The van der Waals surface area contributed by atoms with Crippen LogP contribution in [0.2, 0.25) is 0 Å². The van der Waals surface area contributed by atoms with Crippen molar-refractivity contribution in [1.82, 2.24) is 25.5 Å². The van der Waals surface area contributed by atoms with E-state index in [0.29, 0.717) is 13.1 Å². The van der Waals surface area contributed by atoms with E-state index in [1.165, 1.54) is 22.9 Å². The van der Waals surface area contributed by atoms with E-state index in [9.17, 15) is 13.2 Å². The van der Waals surface area contributed by atoms with Gasteiger partial charge in [0.1, 0.15) is 11.0 Å². The second-order valence-corrected chi connectivity index (χ2v) is 8.42. The number of rotatable bonds is 8. The molecule has 0 saturated heterocycles. The molecule has 2 heterocycles. The summed E-state index contributed by atoms with van der Waals surface area (Å²) in [6.45, 7) is 4.19. The molecule has 0 aliphatic rings. The van der Waals surface area contributed by atoms with E-state index in [1.807, 2.05) is 24.4 Å². The van der Waals surface area contributed by atoms with Crippen LogP contribution in [-0.2, 0) is 33.5 Å². The van der Waals surface area contributed by atoms with Crippen molar-refractivity contribution in [2.75, 3.05) is 0 Å². The summed E-state index contributed by atoms with van der Waals surface area (Å²) < 4.78 is 26.2. The molecule has 0 aliphatic carbocycles. The molecule has 0 radical (unpaired) electrons. The second kappa shape index (κ2) is 7.64. The Morgan fingerprint density at radius 3 is 2.91 bits per heavy atom. The van der Waals surface area contributed by atoms with Gasteiger partial charge in [-0.2, -0.15) is 0 Å². The summed E-state index contributed by atoms with van der Waals surface area (Å²) in [6.07, 6.45) is 0.787. The molecule has 0 aromatic carbocycles. The average molecular weight is 357 g/mol. The van der Waals surface area contributed by atoms with Gasteiger partial charge in [-0.25, -0.2) is 13.1 Å². The van der Waals surface area contributed by atoms with E-state index in [4.69, 9.17) is 0 Å². The Bertz CT molecular complexity index is 740. The molecule has 1 N–H and O–H groups in total. The molecule has 0 bridgehead atoms. The van der Waals surface area contributed by atoms with Crippen molar-refractivity contribution in [1.29, 1.82) is 0 Å². The van der Waals surface area contributed by atoms with Gasteiger partial charge in [-0.05, 0) is 35.2 Å². The highest BCUT2D eigenvalue weighted by molar-refractivity contribution is 7.92. The van der Waals surface area contributed by atoms with Gasteiger partial charge in [0.2, 0.25) is 5.91 Å². The van der Waals surface area contributed by atoms with Gasteiger partial charge < -0.3 is 5.32 Å². The van der Waals surface area contributed by atoms with Crippen LogP contribution in [0.1, 0.15) is 31.0 Å². The lowest BCUT2D eigenvalue weighted by Gasteiger charge is -2.12. The molecule has 2 aromatic rings. The monoisotopic (exact) mass is 357 g/mol. The molecule has 0 saturated carbocycles. The number of hydrogen-bond acceptors (Lipinski definition) is 7. The van der Waals surface area contributed by atoms with Crippen LogP contribution in [0, 0.1) is 0 Å². The average Bonchev–Trinajstić information content (AvgIpc) is 3.16. The number of tetrazole rings is 1. The largest absolute Gasteiger partial charge is 0.350 e. The standard InChI is InChI=1S/C13H19N5O3S2/c1-3-6-18-12(15-16-17-18)9-23(20,21)10(2)13(19)14-8-11-5-4-7-22-11/h4-5,7,10H,3,6,8-9H2,1-2H3,(H,14,19). The Morgan fingerprint density at radius 2 is 2.26 bits per heavy atom. The van der Waals surface area contributed by atoms with Crippen LogP contribution in [0.3, 0.4) is 0 Å². The zero-order valence-corrected chi connectivity index (χ0v) is 14.6. The van der Waals surface area contributed by atoms with Gasteiger partial charge in [0, 0.05) is 11.4 Å². The number of carbonyl (C=O) groups is 1. The van der Waals surface area contributed by atoms with Crippen molar-refractivity contribution in [3.8, 4) is 0 Å². The number of thiophene rings is 1. The lowest BCUT2D eigenvalue weighted by Crippen LogP contribution is -2.38. The topological polar surface area (TPSA) is 107 Å². The van der Waals surface area contributed by atoms with Crippen molar-refractivity contribution in [3.05, 3.63) is 28.2 Å². The molecule has 126 valence electrons. The normalized spacial score (nSPS) is 13.0. The van der Waals surface area contributed by atoms with Crippen LogP contribution >= 0.6 is 11.3 Å². The van der Waals surface area contributed by atoms with Crippen molar-refractivity contribution in [2.45, 2.75) is 44.4 Å². The molecule has 1 unspecified atom stereocenters. The minimum atomic E-state index is -3.69. The molecule has 1 atom stereocenters. The quantitative estimate of drug-likeness (QED) is 0.747. The summed E-state index contributed by atoms with van der Waals surface area (Å²) in [5.74, 6) is -0.620. The van der Waals surface area contributed by atoms with E-state index in [1.54, 1.807) is 0 Å². The Labute approximate surface area is 138 Å². The summed E-state index contributed by atoms with van der Waals surface area (Å²) in [7, 11) is -3.69. The first kappa shape index (κ1) is 17.5. The predicted molar refractivity (Wildman–Crippen MR) is 86.4 cm³/mol. The van der Waals surface area contributed by atoms with Crippen LogP contribution in [0.15, 0.2) is 17.5 Å². The first-order chi connectivity index (χ1) is 10.9. The number of nitrogens with one attached hydrogen (secondary N) is 1. The van der Waals surface area contributed by atoms with Crippen LogP contribution in [0.4, 0.5) is 0 Å². The molecule has 1 amide bonds. The minimum Gasteiger partial charge on any atom is -0.350 e.